The van der Waals surface area contributed by atoms with Gasteiger partial charge in [-0.05, 0) is 18.3 Å². The molecule has 112 valence electrons. The standard InChI is InChI=1S/C15H24N2OS2/c1-9-7-17(8-10(2)19-9)14-16-11-5-15(3,4)6-12(18)13(11)20-14/h9-10,12,18H,5-8H2,1-4H3. The minimum atomic E-state index is -0.325. The molecule has 0 aromatic carbocycles. The molecule has 3 atom stereocenters. The first-order valence-electron chi connectivity index (χ1n) is 7.42. The Bertz CT molecular complexity index is 490. The third-order valence-electron chi connectivity index (χ3n) is 4.10. The van der Waals surface area contributed by atoms with Crippen molar-refractivity contribution in [2.75, 3.05) is 18.0 Å². The molecule has 0 amide bonds. The Morgan fingerprint density at radius 1 is 1.25 bits per heavy atom. The maximum Gasteiger partial charge on any atom is 0.185 e. The van der Waals surface area contributed by atoms with Crippen molar-refractivity contribution in [3.05, 3.63) is 10.6 Å². The van der Waals surface area contributed by atoms with Crippen LogP contribution in [0.25, 0.3) is 0 Å². The zero-order chi connectivity index (χ0) is 14.5. The van der Waals surface area contributed by atoms with Crippen molar-refractivity contribution in [1.29, 1.82) is 0 Å². The Morgan fingerprint density at radius 2 is 1.90 bits per heavy atom. The van der Waals surface area contributed by atoms with Crippen molar-refractivity contribution < 1.29 is 5.11 Å². The number of hydrogen-bond donors (Lipinski definition) is 1. The summed E-state index contributed by atoms with van der Waals surface area (Å²) >= 11 is 3.77. The largest absolute Gasteiger partial charge is 0.387 e. The minimum absolute atomic E-state index is 0.163. The van der Waals surface area contributed by atoms with Crippen molar-refractivity contribution >= 4 is 28.2 Å². The van der Waals surface area contributed by atoms with E-state index in [1.54, 1.807) is 11.3 Å². The van der Waals surface area contributed by atoms with Gasteiger partial charge in [-0.15, -0.1) is 0 Å². The SMILES string of the molecule is CC1CN(c2nc3c(s2)C(O)CC(C)(C)C3)CC(C)S1. The summed E-state index contributed by atoms with van der Waals surface area (Å²) in [5.41, 5.74) is 1.29. The number of aromatic nitrogens is 1. The molecular formula is C15H24N2OS2. The van der Waals surface area contributed by atoms with Gasteiger partial charge in [0, 0.05) is 23.6 Å². The van der Waals surface area contributed by atoms with Crippen molar-refractivity contribution in [1.82, 2.24) is 4.98 Å². The summed E-state index contributed by atoms with van der Waals surface area (Å²) < 4.78 is 0. The Kier molecular flexibility index (Phi) is 3.80. The molecule has 1 aromatic rings. The number of nitrogens with zero attached hydrogens (tertiary/aromatic N) is 2. The van der Waals surface area contributed by atoms with Gasteiger partial charge in [-0.2, -0.15) is 11.8 Å². The molecule has 3 rings (SSSR count). The van der Waals surface area contributed by atoms with E-state index in [0.717, 1.165) is 41.6 Å². The molecule has 3 unspecified atom stereocenters. The second-order valence-electron chi connectivity index (χ2n) is 7.03. The number of thioether (sulfide) groups is 1. The number of thiazole rings is 1. The molecule has 0 bridgehead atoms. The Hall–Kier alpha value is -0.260. The number of fused-ring (bicyclic) bond motifs is 1. The van der Waals surface area contributed by atoms with E-state index in [-0.39, 0.29) is 11.5 Å². The van der Waals surface area contributed by atoms with Crippen LogP contribution in [0.3, 0.4) is 0 Å². The molecule has 1 saturated heterocycles. The topological polar surface area (TPSA) is 36.4 Å². The van der Waals surface area contributed by atoms with Crippen molar-refractivity contribution in [3.63, 3.8) is 0 Å². The molecule has 1 aliphatic heterocycles. The van der Waals surface area contributed by atoms with Gasteiger partial charge in [-0.1, -0.05) is 39.0 Å². The quantitative estimate of drug-likeness (QED) is 0.861. The van der Waals surface area contributed by atoms with E-state index in [2.05, 4.69) is 44.4 Å². The predicted molar refractivity (Wildman–Crippen MR) is 87.9 cm³/mol. The zero-order valence-electron chi connectivity index (χ0n) is 12.7. The summed E-state index contributed by atoms with van der Waals surface area (Å²) in [5.74, 6) is 0. The molecule has 20 heavy (non-hydrogen) atoms. The fourth-order valence-corrected chi connectivity index (χ4v) is 5.76. The molecule has 0 saturated carbocycles. The highest BCUT2D eigenvalue weighted by molar-refractivity contribution is 8.00. The lowest BCUT2D eigenvalue weighted by molar-refractivity contribution is 0.102. The van der Waals surface area contributed by atoms with Gasteiger partial charge in [0.1, 0.15) is 0 Å². The monoisotopic (exact) mass is 312 g/mol. The first kappa shape index (κ1) is 14.7. The summed E-state index contributed by atoms with van der Waals surface area (Å²) in [5, 5.41) is 12.8. The zero-order valence-corrected chi connectivity index (χ0v) is 14.4. The van der Waals surface area contributed by atoms with Gasteiger partial charge in [0.25, 0.3) is 0 Å². The Labute approximate surface area is 129 Å². The van der Waals surface area contributed by atoms with E-state index in [1.165, 1.54) is 0 Å². The molecular weight excluding hydrogens is 288 g/mol. The first-order chi connectivity index (χ1) is 9.34. The van der Waals surface area contributed by atoms with Crippen molar-refractivity contribution in [3.8, 4) is 0 Å². The van der Waals surface area contributed by atoms with Gasteiger partial charge in [-0.3, -0.25) is 0 Å². The molecule has 2 heterocycles. The van der Waals surface area contributed by atoms with Crippen LogP contribution in [-0.4, -0.2) is 33.7 Å². The average molecular weight is 313 g/mol. The highest BCUT2D eigenvalue weighted by atomic mass is 32.2. The first-order valence-corrected chi connectivity index (χ1v) is 9.18. The molecule has 2 aliphatic rings. The van der Waals surface area contributed by atoms with Crippen LogP contribution in [0.1, 0.15) is 50.8 Å². The van der Waals surface area contributed by atoms with E-state index in [0.29, 0.717) is 10.5 Å². The predicted octanol–water partition coefficient (Wildman–Crippen LogP) is 3.48. The van der Waals surface area contributed by atoms with Crippen molar-refractivity contribution in [2.45, 2.75) is 57.1 Å². The van der Waals surface area contributed by atoms with Gasteiger partial charge in [-0.25, -0.2) is 4.98 Å². The number of aliphatic hydroxyl groups excluding tert-OH is 1. The molecule has 1 aliphatic carbocycles. The summed E-state index contributed by atoms with van der Waals surface area (Å²) in [6, 6.07) is 0. The maximum atomic E-state index is 10.4. The summed E-state index contributed by atoms with van der Waals surface area (Å²) in [6.07, 6.45) is 1.52. The van der Waals surface area contributed by atoms with Crippen LogP contribution in [0.15, 0.2) is 0 Å². The smallest absolute Gasteiger partial charge is 0.185 e. The van der Waals surface area contributed by atoms with Gasteiger partial charge >= 0.3 is 0 Å². The second-order valence-corrected chi connectivity index (χ2v) is 9.92. The fraction of sp³-hybridized carbons (Fsp3) is 0.800. The van der Waals surface area contributed by atoms with E-state index in [1.807, 2.05) is 0 Å². The molecule has 5 heteroatoms. The third kappa shape index (κ3) is 2.85. The van der Waals surface area contributed by atoms with E-state index >= 15 is 0 Å². The van der Waals surface area contributed by atoms with Crippen LogP contribution in [-0.2, 0) is 6.42 Å². The fourth-order valence-electron chi connectivity index (χ4n) is 3.35. The lowest BCUT2D eigenvalue weighted by Crippen LogP contribution is -2.40. The number of rotatable bonds is 1. The van der Waals surface area contributed by atoms with E-state index in [9.17, 15) is 5.11 Å². The maximum absolute atomic E-state index is 10.4. The second kappa shape index (κ2) is 5.18. The highest BCUT2D eigenvalue weighted by Gasteiger charge is 2.35. The lowest BCUT2D eigenvalue weighted by Gasteiger charge is -2.34. The molecule has 1 N–H and O–H groups in total. The average Bonchev–Trinajstić information content (AvgIpc) is 2.69. The lowest BCUT2D eigenvalue weighted by atomic mass is 9.77. The molecule has 1 aromatic heterocycles. The summed E-state index contributed by atoms with van der Waals surface area (Å²) in [7, 11) is 0. The van der Waals surface area contributed by atoms with Gasteiger partial charge in [0.2, 0.25) is 0 Å². The summed E-state index contributed by atoms with van der Waals surface area (Å²) in [6.45, 7) is 11.2. The summed E-state index contributed by atoms with van der Waals surface area (Å²) in [4.78, 5) is 8.38. The van der Waals surface area contributed by atoms with Crippen LogP contribution in [0.2, 0.25) is 0 Å². The third-order valence-corrected chi connectivity index (χ3v) is 6.59. The number of aliphatic hydroxyl groups is 1. The number of hydrogen-bond acceptors (Lipinski definition) is 5. The Balaban J connectivity index is 1.86. The highest BCUT2D eigenvalue weighted by Crippen LogP contribution is 2.45. The normalized spacial score (nSPS) is 33.0. The van der Waals surface area contributed by atoms with Crippen LogP contribution in [0, 0.1) is 5.41 Å². The van der Waals surface area contributed by atoms with Gasteiger partial charge < -0.3 is 10.0 Å². The Morgan fingerprint density at radius 3 is 2.55 bits per heavy atom. The van der Waals surface area contributed by atoms with E-state index in [4.69, 9.17) is 4.98 Å². The number of anilines is 1. The molecule has 1 fully saturated rings. The van der Waals surface area contributed by atoms with Crippen LogP contribution >= 0.6 is 23.1 Å². The minimum Gasteiger partial charge on any atom is -0.387 e. The van der Waals surface area contributed by atoms with Crippen LogP contribution in [0.5, 0.6) is 0 Å². The van der Waals surface area contributed by atoms with Gasteiger partial charge in [0.05, 0.1) is 16.7 Å². The van der Waals surface area contributed by atoms with E-state index < -0.39 is 0 Å². The molecule has 0 radical (unpaired) electrons. The molecule has 0 spiro atoms. The van der Waals surface area contributed by atoms with Gasteiger partial charge in [0.15, 0.2) is 5.13 Å². The van der Waals surface area contributed by atoms with Crippen molar-refractivity contribution in [2.24, 2.45) is 5.41 Å². The molecule has 3 nitrogen and oxygen atoms in total. The van der Waals surface area contributed by atoms with Crippen LogP contribution < -0.4 is 4.90 Å². The van der Waals surface area contributed by atoms with Crippen LogP contribution in [0.4, 0.5) is 5.13 Å².